The molecule has 1 saturated heterocycles. The molecular formula is C11H13F2NO3. The molecule has 2 rings (SSSR count). The van der Waals surface area contributed by atoms with Crippen LogP contribution in [0.5, 0.6) is 0 Å². The van der Waals surface area contributed by atoms with Crippen LogP contribution >= 0.6 is 0 Å². The van der Waals surface area contributed by atoms with Crippen LogP contribution in [0.4, 0.5) is 14.5 Å². The normalized spacial score (nSPS) is 28.6. The first kappa shape index (κ1) is 12.2. The quantitative estimate of drug-likeness (QED) is 0.671. The number of benzene rings is 1. The molecule has 1 aliphatic rings. The molecule has 1 aromatic carbocycles. The lowest BCUT2D eigenvalue weighted by Gasteiger charge is -2.13. The number of halogens is 2. The second-order valence-electron chi connectivity index (χ2n) is 4.04. The molecule has 0 unspecified atom stereocenters. The van der Waals surface area contributed by atoms with Crippen molar-refractivity contribution in [2.75, 3.05) is 12.3 Å². The van der Waals surface area contributed by atoms with E-state index in [1.54, 1.807) is 0 Å². The monoisotopic (exact) mass is 245 g/mol. The lowest BCUT2D eigenvalue weighted by Crippen LogP contribution is -2.24. The summed E-state index contributed by atoms with van der Waals surface area (Å²) in [6, 6.07) is 1.84. The average molecular weight is 245 g/mol. The number of ether oxygens (including phenoxy) is 1. The van der Waals surface area contributed by atoms with Crippen molar-refractivity contribution in [2.45, 2.75) is 24.7 Å². The van der Waals surface area contributed by atoms with E-state index >= 15 is 0 Å². The van der Waals surface area contributed by atoms with Crippen LogP contribution in [0.3, 0.4) is 0 Å². The van der Waals surface area contributed by atoms with Gasteiger partial charge in [0.25, 0.3) is 0 Å². The molecule has 1 heterocycles. The van der Waals surface area contributed by atoms with Crippen molar-refractivity contribution < 1.29 is 23.7 Å². The van der Waals surface area contributed by atoms with Crippen LogP contribution in [0.1, 0.15) is 18.1 Å². The van der Waals surface area contributed by atoms with Crippen LogP contribution in [-0.4, -0.2) is 29.0 Å². The van der Waals surface area contributed by atoms with Gasteiger partial charge >= 0.3 is 0 Å². The summed E-state index contributed by atoms with van der Waals surface area (Å²) >= 11 is 0. The number of aliphatic hydroxyl groups is 2. The van der Waals surface area contributed by atoms with E-state index in [2.05, 4.69) is 0 Å². The maximum absolute atomic E-state index is 13.6. The molecule has 4 nitrogen and oxygen atoms in total. The summed E-state index contributed by atoms with van der Waals surface area (Å²) in [4.78, 5) is 0. The van der Waals surface area contributed by atoms with E-state index in [4.69, 9.17) is 15.6 Å². The van der Waals surface area contributed by atoms with Crippen molar-refractivity contribution in [1.29, 1.82) is 0 Å². The molecule has 0 aromatic heterocycles. The zero-order valence-corrected chi connectivity index (χ0v) is 8.94. The third-order valence-corrected chi connectivity index (χ3v) is 2.87. The number of nitrogen functional groups attached to an aromatic ring is 1. The van der Waals surface area contributed by atoms with E-state index in [9.17, 15) is 13.9 Å². The van der Waals surface area contributed by atoms with Crippen molar-refractivity contribution in [3.05, 3.63) is 29.3 Å². The van der Waals surface area contributed by atoms with Gasteiger partial charge in [-0.3, -0.25) is 0 Å². The lowest BCUT2D eigenvalue weighted by molar-refractivity contribution is -0.0234. The maximum Gasteiger partial charge on any atom is 0.146 e. The maximum atomic E-state index is 13.6. The van der Waals surface area contributed by atoms with Gasteiger partial charge in [0.05, 0.1) is 24.5 Å². The number of aliphatic hydroxyl groups excluding tert-OH is 2. The first-order valence-electron chi connectivity index (χ1n) is 5.21. The highest BCUT2D eigenvalue weighted by Gasteiger charge is 2.35. The highest BCUT2D eigenvalue weighted by atomic mass is 19.1. The number of rotatable bonds is 2. The summed E-state index contributed by atoms with van der Waals surface area (Å²) in [5, 5.41) is 18.4. The first-order chi connectivity index (χ1) is 8.02. The number of nitrogens with two attached hydrogens (primary N) is 1. The lowest BCUT2D eigenvalue weighted by atomic mass is 10.0. The van der Waals surface area contributed by atoms with Crippen LogP contribution in [0.2, 0.25) is 0 Å². The Kier molecular flexibility index (Phi) is 3.28. The van der Waals surface area contributed by atoms with E-state index in [-0.39, 0.29) is 24.3 Å². The Labute approximate surface area is 96.6 Å². The highest BCUT2D eigenvalue weighted by molar-refractivity contribution is 5.43. The van der Waals surface area contributed by atoms with Crippen molar-refractivity contribution in [1.82, 2.24) is 0 Å². The second kappa shape index (κ2) is 4.56. The van der Waals surface area contributed by atoms with Crippen molar-refractivity contribution >= 4 is 5.69 Å². The SMILES string of the molecule is Nc1cc(F)c([C@@H]2C[C@@H](O)[C@H](CO)O2)cc1F. The van der Waals surface area contributed by atoms with Gasteiger partial charge in [-0.2, -0.15) is 0 Å². The highest BCUT2D eigenvalue weighted by Crippen LogP contribution is 2.35. The van der Waals surface area contributed by atoms with Gasteiger partial charge < -0.3 is 20.7 Å². The molecule has 4 N–H and O–H groups in total. The zero-order valence-electron chi connectivity index (χ0n) is 8.94. The van der Waals surface area contributed by atoms with E-state index in [0.717, 1.165) is 12.1 Å². The molecule has 0 spiro atoms. The molecule has 0 aliphatic carbocycles. The molecule has 6 heteroatoms. The summed E-state index contributed by atoms with van der Waals surface area (Å²) in [6.45, 7) is -0.364. The van der Waals surface area contributed by atoms with Gasteiger partial charge in [0.15, 0.2) is 0 Å². The Balaban J connectivity index is 2.27. The van der Waals surface area contributed by atoms with Gasteiger partial charge in [0, 0.05) is 18.1 Å². The Morgan fingerprint density at radius 1 is 1.35 bits per heavy atom. The second-order valence-corrected chi connectivity index (χ2v) is 4.04. The van der Waals surface area contributed by atoms with Gasteiger partial charge in [-0.05, 0) is 6.07 Å². The molecule has 0 radical (unpaired) electrons. The molecule has 0 saturated carbocycles. The third kappa shape index (κ3) is 2.24. The van der Waals surface area contributed by atoms with E-state index in [1.165, 1.54) is 0 Å². The van der Waals surface area contributed by atoms with Crippen LogP contribution in [0.25, 0.3) is 0 Å². The van der Waals surface area contributed by atoms with Crippen LogP contribution in [-0.2, 0) is 4.74 Å². The molecule has 0 amide bonds. The topological polar surface area (TPSA) is 75.7 Å². The molecule has 17 heavy (non-hydrogen) atoms. The van der Waals surface area contributed by atoms with Gasteiger partial charge in [-0.1, -0.05) is 0 Å². The van der Waals surface area contributed by atoms with Crippen molar-refractivity contribution in [2.24, 2.45) is 0 Å². The van der Waals surface area contributed by atoms with Crippen molar-refractivity contribution in [3.8, 4) is 0 Å². The van der Waals surface area contributed by atoms with E-state index in [1.807, 2.05) is 0 Å². The van der Waals surface area contributed by atoms with E-state index in [0.29, 0.717) is 0 Å². The summed E-state index contributed by atoms with van der Waals surface area (Å²) in [6.07, 6.45) is -2.30. The van der Waals surface area contributed by atoms with Gasteiger partial charge in [0.2, 0.25) is 0 Å². The molecule has 94 valence electrons. The summed E-state index contributed by atoms with van der Waals surface area (Å²) in [7, 11) is 0. The fourth-order valence-electron chi connectivity index (χ4n) is 1.92. The molecule has 1 fully saturated rings. The minimum Gasteiger partial charge on any atom is -0.396 e. The number of anilines is 1. The average Bonchev–Trinajstić information content (AvgIpc) is 2.65. The number of hydrogen-bond acceptors (Lipinski definition) is 4. The fraction of sp³-hybridized carbons (Fsp3) is 0.455. The van der Waals surface area contributed by atoms with E-state index < -0.39 is 29.9 Å². The predicted molar refractivity (Wildman–Crippen MR) is 56.1 cm³/mol. The predicted octanol–water partition coefficient (Wildman–Crippen LogP) is 0.730. The Hall–Kier alpha value is -1.24. The smallest absolute Gasteiger partial charge is 0.146 e. The summed E-state index contributed by atoms with van der Waals surface area (Å²) in [5.41, 5.74) is 4.96. The van der Waals surface area contributed by atoms with Crippen molar-refractivity contribution in [3.63, 3.8) is 0 Å². The Bertz CT molecular complexity index is 427. The van der Waals surface area contributed by atoms with Gasteiger partial charge in [-0.25, -0.2) is 8.78 Å². The largest absolute Gasteiger partial charge is 0.396 e. The standard InChI is InChI=1S/C11H13F2NO3/c12-6-2-8(14)7(13)1-5(6)10-3-9(16)11(4-15)17-10/h1-2,9-11,15-16H,3-4,14H2/t9-,10+,11+/m1/s1. The molecular weight excluding hydrogens is 232 g/mol. The third-order valence-electron chi connectivity index (χ3n) is 2.87. The molecule has 3 atom stereocenters. The Morgan fingerprint density at radius 2 is 2.06 bits per heavy atom. The molecule has 1 aliphatic heterocycles. The molecule has 0 bridgehead atoms. The minimum atomic E-state index is -0.884. The van der Waals surface area contributed by atoms with Gasteiger partial charge in [0.1, 0.15) is 17.7 Å². The van der Waals surface area contributed by atoms with Crippen LogP contribution < -0.4 is 5.73 Å². The molecule has 1 aromatic rings. The first-order valence-corrected chi connectivity index (χ1v) is 5.21. The summed E-state index contributed by atoms with van der Waals surface area (Å²) in [5.74, 6) is -1.41. The summed E-state index contributed by atoms with van der Waals surface area (Å²) < 4.78 is 32.0. The van der Waals surface area contributed by atoms with Crippen LogP contribution in [0, 0.1) is 11.6 Å². The fourth-order valence-corrected chi connectivity index (χ4v) is 1.92. The minimum absolute atomic E-state index is 0.00620. The van der Waals surface area contributed by atoms with Crippen LogP contribution in [0.15, 0.2) is 12.1 Å². The Morgan fingerprint density at radius 3 is 2.65 bits per heavy atom. The van der Waals surface area contributed by atoms with Gasteiger partial charge in [-0.15, -0.1) is 0 Å². The zero-order chi connectivity index (χ0) is 12.6. The number of hydrogen-bond donors (Lipinski definition) is 3.